The van der Waals surface area contributed by atoms with Crippen molar-refractivity contribution < 1.29 is 13.6 Å². The van der Waals surface area contributed by atoms with Crippen molar-refractivity contribution in [2.45, 2.75) is 0 Å². The minimum absolute atomic E-state index is 0.0656. The Labute approximate surface area is 147 Å². The molecular weight excluding hydrogens is 340 g/mol. The van der Waals surface area contributed by atoms with E-state index in [1.807, 2.05) is 0 Å². The first-order valence-corrected chi connectivity index (χ1v) is 7.93. The molecule has 0 fully saturated rings. The number of para-hydroxylation sites is 1. The number of carbonyl (C=O) groups is 1. The lowest BCUT2D eigenvalue weighted by Crippen LogP contribution is -2.17. The molecule has 0 N–H and O–H groups in total. The second-order valence-electron chi connectivity index (χ2n) is 5.42. The zero-order valence-electron chi connectivity index (χ0n) is 12.9. The van der Waals surface area contributed by atoms with Crippen LogP contribution >= 0.6 is 11.6 Å². The molecule has 25 heavy (non-hydrogen) atoms. The van der Waals surface area contributed by atoms with Gasteiger partial charge in [-0.2, -0.15) is 0 Å². The Morgan fingerprint density at radius 1 is 0.920 bits per heavy atom. The molecule has 0 aliphatic carbocycles. The number of carbonyl (C=O) groups excluding carboxylic acids is 1. The molecular formula is C20H11ClO4. The Bertz CT molecular complexity index is 1140. The Morgan fingerprint density at radius 3 is 2.44 bits per heavy atom. The molecule has 2 aromatic heterocycles. The summed E-state index contributed by atoms with van der Waals surface area (Å²) in [5.74, 6) is -0.342. The van der Waals surface area contributed by atoms with Gasteiger partial charge in [-0.25, -0.2) is 0 Å². The maximum atomic E-state index is 13.0. The van der Waals surface area contributed by atoms with Crippen LogP contribution in [0.2, 0.25) is 5.02 Å². The lowest BCUT2D eigenvalue weighted by atomic mass is 10.00. The van der Waals surface area contributed by atoms with Crippen LogP contribution in [0.1, 0.15) is 16.1 Å². The van der Waals surface area contributed by atoms with E-state index in [4.69, 9.17) is 20.4 Å². The molecule has 0 unspecified atom stereocenters. The fourth-order valence-corrected chi connectivity index (χ4v) is 2.94. The fraction of sp³-hybridized carbons (Fsp3) is 0. The van der Waals surface area contributed by atoms with Crippen LogP contribution in [0.3, 0.4) is 0 Å². The van der Waals surface area contributed by atoms with Crippen molar-refractivity contribution in [3.63, 3.8) is 0 Å². The van der Waals surface area contributed by atoms with Gasteiger partial charge >= 0.3 is 0 Å². The number of fused-ring (bicyclic) bond motifs is 1. The first-order chi connectivity index (χ1) is 12.2. The number of halogens is 1. The number of hydrogen-bond acceptors (Lipinski definition) is 4. The van der Waals surface area contributed by atoms with E-state index in [2.05, 4.69) is 0 Å². The van der Waals surface area contributed by atoms with Crippen LogP contribution < -0.4 is 5.43 Å². The summed E-state index contributed by atoms with van der Waals surface area (Å²) in [5, 5.41) is 0.711. The van der Waals surface area contributed by atoms with E-state index in [0.717, 1.165) is 0 Å². The van der Waals surface area contributed by atoms with Gasteiger partial charge in [-0.15, -0.1) is 0 Å². The molecule has 5 heteroatoms. The van der Waals surface area contributed by atoms with Gasteiger partial charge in [-0.3, -0.25) is 9.59 Å². The van der Waals surface area contributed by atoms with E-state index in [9.17, 15) is 9.59 Å². The number of rotatable bonds is 3. The van der Waals surface area contributed by atoms with E-state index in [-0.39, 0.29) is 17.1 Å². The molecule has 4 rings (SSSR count). The van der Waals surface area contributed by atoms with Crippen LogP contribution in [0.25, 0.3) is 22.3 Å². The minimum atomic E-state index is -0.542. The highest BCUT2D eigenvalue weighted by Crippen LogP contribution is 2.32. The first kappa shape index (κ1) is 15.4. The molecule has 0 aliphatic heterocycles. The molecule has 4 nitrogen and oxygen atoms in total. The third kappa shape index (κ3) is 2.57. The molecule has 0 amide bonds. The molecule has 122 valence electrons. The molecule has 0 aliphatic rings. The Kier molecular flexibility index (Phi) is 3.75. The summed E-state index contributed by atoms with van der Waals surface area (Å²) in [7, 11) is 0. The van der Waals surface area contributed by atoms with Gasteiger partial charge < -0.3 is 8.83 Å². The summed E-state index contributed by atoms with van der Waals surface area (Å²) in [5.41, 5.74) is 0.347. The minimum Gasteiger partial charge on any atom is -0.461 e. The van der Waals surface area contributed by atoms with Gasteiger partial charge in [0, 0.05) is 5.56 Å². The monoisotopic (exact) mass is 350 g/mol. The summed E-state index contributed by atoms with van der Waals surface area (Å²) in [4.78, 5) is 25.9. The summed E-state index contributed by atoms with van der Waals surface area (Å²) in [6.07, 6.45) is 1.38. The van der Waals surface area contributed by atoms with Crippen LogP contribution in [0.4, 0.5) is 0 Å². The third-order valence-corrected chi connectivity index (χ3v) is 4.22. The zero-order chi connectivity index (χ0) is 17.4. The number of furan rings is 1. The molecule has 0 saturated carbocycles. The summed E-state index contributed by atoms with van der Waals surface area (Å²) in [6.45, 7) is 0. The largest absolute Gasteiger partial charge is 0.461 e. The van der Waals surface area contributed by atoms with E-state index >= 15 is 0 Å². The molecule has 0 spiro atoms. The van der Waals surface area contributed by atoms with Crippen molar-refractivity contribution in [3.8, 4) is 11.3 Å². The highest BCUT2D eigenvalue weighted by atomic mass is 35.5. The topological polar surface area (TPSA) is 60.4 Å². The molecule has 0 atom stereocenters. The van der Waals surface area contributed by atoms with Gasteiger partial charge in [0.25, 0.3) is 0 Å². The van der Waals surface area contributed by atoms with Crippen molar-refractivity contribution in [2.24, 2.45) is 0 Å². The third-order valence-electron chi connectivity index (χ3n) is 3.89. The van der Waals surface area contributed by atoms with Crippen LogP contribution in [-0.2, 0) is 0 Å². The molecule has 4 aromatic rings. The summed E-state index contributed by atoms with van der Waals surface area (Å²) in [6, 6.07) is 16.8. The smallest absolute Gasteiger partial charge is 0.235 e. The van der Waals surface area contributed by atoms with Gasteiger partial charge in [0.15, 0.2) is 11.5 Å². The fourth-order valence-electron chi connectivity index (χ4n) is 2.71. The van der Waals surface area contributed by atoms with Gasteiger partial charge in [0.1, 0.15) is 11.1 Å². The van der Waals surface area contributed by atoms with E-state index in [1.54, 1.807) is 54.6 Å². The van der Waals surface area contributed by atoms with Gasteiger partial charge in [0.05, 0.1) is 16.7 Å². The predicted molar refractivity (Wildman–Crippen MR) is 95.1 cm³/mol. The van der Waals surface area contributed by atoms with E-state index in [0.29, 0.717) is 21.6 Å². The lowest BCUT2D eigenvalue weighted by molar-refractivity contribution is 0.101. The first-order valence-electron chi connectivity index (χ1n) is 7.56. The maximum absolute atomic E-state index is 13.0. The SMILES string of the molecule is O=C(c1ccco1)c1c(-c2ccccc2Cl)oc2ccccc2c1=O. The lowest BCUT2D eigenvalue weighted by Gasteiger charge is -2.10. The normalized spacial score (nSPS) is 10.9. The van der Waals surface area contributed by atoms with Crippen molar-refractivity contribution in [1.82, 2.24) is 0 Å². The van der Waals surface area contributed by atoms with Gasteiger partial charge in [-0.1, -0.05) is 35.9 Å². The molecule has 2 heterocycles. The Morgan fingerprint density at radius 2 is 1.68 bits per heavy atom. The molecule has 0 radical (unpaired) electrons. The average Bonchev–Trinajstić information content (AvgIpc) is 3.16. The maximum Gasteiger partial charge on any atom is 0.235 e. The Hall–Kier alpha value is -3.11. The van der Waals surface area contributed by atoms with Gasteiger partial charge in [0.2, 0.25) is 11.2 Å². The Balaban J connectivity index is 2.10. The quantitative estimate of drug-likeness (QED) is 0.491. The van der Waals surface area contributed by atoms with Crippen LogP contribution in [0, 0.1) is 0 Å². The standard InChI is InChI=1S/C20H11ClO4/c21-14-8-3-1-6-12(14)20-17(19(23)16-10-5-11-24-16)18(22)13-7-2-4-9-15(13)25-20/h1-11H. The van der Waals surface area contributed by atoms with Crippen LogP contribution in [-0.4, -0.2) is 5.78 Å². The summed E-state index contributed by atoms with van der Waals surface area (Å²) < 4.78 is 11.1. The highest BCUT2D eigenvalue weighted by Gasteiger charge is 2.25. The van der Waals surface area contributed by atoms with Crippen LogP contribution in [0.15, 0.2) is 80.6 Å². The highest BCUT2D eigenvalue weighted by molar-refractivity contribution is 6.33. The summed E-state index contributed by atoms with van der Waals surface area (Å²) >= 11 is 6.27. The second kappa shape index (κ2) is 6.07. The molecule has 0 bridgehead atoms. The van der Waals surface area contributed by atoms with Crippen LogP contribution in [0.5, 0.6) is 0 Å². The van der Waals surface area contributed by atoms with Crippen molar-refractivity contribution in [3.05, 3.63) is 93.5 Å². The number of ketones is 1. The molecule has 0 saturated heterocycles. The van der Waals surface area contributed by atoms with E-state index in [1.165, 1.54) is 12.3 Å². The predicted octanol–water partition coefficient (Wildman–Crippen LogP) is 4.94. The van der Waals surface area contributed by atoms with Crippen molar-refractivity contribution in [2.75, 3.05) is 0 Å². The van der Waals surface area contributed by atoms with Gasteiger partial charge in [-0.05, 0) is 36.4 Å². The number of hydrogen-bond donors (Lipinski definition) is 0. The van der Waals surface area contributed by atoms with E-state index < -0.39 is 11.2 Å². The number of benzene rings is 2. The van der Waals surface area contributed by atoms with Crippen molar-refractivity contribution >= 4 is 28.4 Å². The second-order valence-corrected chi connectivity index (χ2v) is 5.82. The average molecular weight is 351 g/mol. The molecule has 2 aromatic carbocycles. The van der Waals surface area contributed by atoms with Crippen molar-refractivity contribution in [1.29, 1.82) is 0 Å². The zero-order valence-corrected chi connectivity index (χ0v) is 13.6.